The highest BCUT2D eigenvalue weighted by Gasteiger charge is 2.16. The van der Waals surface area contributed by atoms with Crippen LogP contribution in [0.2, 0.25) is 0 Å². The molecule has 26 heavy (non-hydrogen) atoms. The van der Waals surface area contributed by atoms with Crippen LogP contribution in [0.1, 0.15) is 59.7 Å². The lowest BCUT2D eigenvalue weighted by atomic mass is 10.0. The van der Waals surface area contributed by atoms with E-state index >= 15 is 0 Å². The summed E-state index contributed by atoms with van der Waals surface area (Å²) in [5.74, 6) is 0.602. The van der Waals surface area contributed by atoms with Gasteiger partial charge in [-0.1, -0.05) is 23.8 Å². The van der Waals surface area contributed by atoms with Gasteiger partial charge in [0, 0.05) is 11.1 Å². The van der Waals surface area contributed by atoms with E-state index in [0.717, 1.165) is 35.4 Å². The van der Waals surface area contributed by atoms with Crippen molar-refractivity contribution in [3.63, 3.8) is 0 Å². The largest absolute Gasteiger partial charge is 0.490 e. The molecule has 4 nitrogen and oxygen atoms in total. The first-order valence-electron chi connectivity index (χ1n) is 9.22. The van der Waals surface area contributed by atoms with Crippen molar-refractivity contribution in [1.29, 1.82) is 0 Å². The lowest BCUT2D eigenvalue weighted by molar-refractivity contribution is 0.0955. The van der Waals surface area contributed by atoms with Crippen LogP contribution in [0.25, 0.3) is 0 Å². The lowest BCUT2D eigenvalue weighted by Crippen LogP contribution is -2.19. The van der Waals surface area contributed by atoms with Crippen molar-refractivity contribution >= 4 is 11.6 Å². The average molecular weight is 350 g/mol. The van der Waals surface area contributed by atoms with Gasteiger partial charge < -0.3 is 4.74 Å². The van der Waals surface area contributed by atoms with Crippen LogP contribution in [-0.4, -0.2) is 17.7 Å². The van der Waals surface area contributed by atoms with Crippen LogP contribution in [0.3, 0.4) is 0 Å². The summed E-state index contributed by atoms with van der Waals surface area (Å²) in [7, 11) is 0. The Labute approximate surface area is 155 Å². The van der Waals surface area contributed by atoms with E-state index in [4.69, 9.17) is 4.74 Å². The van der Waals surface area contributed by atoms with Crippen molar-refractivity contribution < 1.29 is 9.53 Å². The number of carbonyl (C=O) groups excluding carboxylic acids is 1. The zero-order valence-electron chi connectivity index (χ0n) is 15.7. The zero-order chi connectivity index (χ0) is 18.5. The van der Waals surface area contributed by atoms with Gasteiger partial charge in [-0.2, -0.15) is 5.10 Å². The van der Waals surface area contributed by atoms with E-state index in [2.05, 4.69) is 23.5 Å². The molecule has 0 atom stereocenters. The fraction of sp³-hybridized carbons (Fsp3) is 0.364. The van der Waals surface area contributed by atoms with Gasteiger partial charge in [-0.25, -0.2) is 5.43 Å². The van der Waals surface area contributed by atoms with Gasteiger partial charge in [-0.05, 0) is 76.3 Å². The normalized spacial score (nSPS) is 15.1. The molecule has 0 saturated heterocycles. The van der Waals surface area contributed by atoms with Gasteiger partial charge in [-0.15, -0.1) is 0 Å². The van der Waals surface area contributed by atoms with Crippen LogP contribution in [0, 0.1) is 13.8 Å². The number of hydrogen-bond donors (Lipinski definition) is 1. The maximum atomic E-state index is 12.3. The van der Waals surface area contributed by atoms with Crippen LogP contribution in [0.5, 0.6) is 5.75 Å². The summed E-state index contributed by atoms with van der Waals surface area (Å²) in [6.45, 7) is 6.01. The van der Waals surface area contributed by atoms with E-state index in [1.165, 1.54) is 18.4 Å². The SMILES string of the molecule is C/C(=N\NC(=O)c1ccc(OC2CCCC2)cc1)c1ccc(C)cc1C. The highest BCUT2D eigenvalue weighted by Crippen LogP contribution is 2.24. The molecule has 136 valence electrons. The number of amides is 1. The number of hydrazone groups is 1. The van der Waals surface area contributed by atoms with Gasteiger partial charge in [0.1, 0.15) is 5.75 Å². The van der Waals surface area contributed by atoms with Crippen molar-refractivity contribution in [2.24, 2.45) is 5.10 Å². The highest BCUT2D eigenvalue weighted by molar-refractivity contribution is 6.01. The number of nitrogens with one attached hydrogen (secondary N) is 1. The summed E-state index contributed by atoms with van der Waals surface area (Å²) in [6.07, 6.45) is 5.04. The number of hydrogen-bond acceptors (Lipinski definition) is 3. The molecule has 1 amide bonds. The third kappa shape index (κ3) is 4.51. The molecule has 3 rings (SSSR count). The minimum Gasteiger partial charge on any atom is -0.490 e. The van der Waals surface area contributed by atoms with Crippen LogP contribution < -0.4 is 10.2 Å². The number of nitrogens with zero attached hydrogens (tertiary/aromatic N) is 1. The van der Waals surface area contributed by atoms with Gasteiger partial charge >= 0.3 is 0 Å². The molecule has 0 unspecified atom stereocenters. The molecule has 2 aromatic rings. The smallest absolute Gasteiger partial charge is 0.271 e. The number of benzene rings is 2. The van der Waals surface area contributed by atoms with Crippen LogP contribution >= 0.6 is 0 Å². The minimum absolute atomic E-state index is 0.221. The second-order valence-corrected chi connectivity index (χ2v) is 7.01. The first kappa shape index (κ1) is 18.2. The van der Waals surface area contributed by atoms with Gasteiger partial charge in [0.2, 0.25) is 0 Å². The molecule has 1 aliphatic rings. The van der Waals surface area contributed by atoms with Crippen molar-refractivity contribution in [1.82, 2.24) is 5.43 Å². The van der Waals surface area contributed by atoms with Crippen molar-refractivity contribution in [3.05, 3.63) is 64.7 Å². The Kier molecular flexibility index (Phi) is 5.71. The second-order valence-electron chi connectivity index (χ2n) is 7.01. The molecule has 0 spiro atoms. The maximum Gasteiger partial charge on any atom is 0.271 e. The fourth-order valence-corrected chi connectivity index (χ4v) is 3.36. The molecule has 1 fully saturated rings. The molecule has 4 heteroatoms. The molecule has 2 aromatic carbocycles. The molecule has 0 radical (unpaired) electrons. The predicted octanol–water partition coefficient (Wildman–Crippen LogP) is 4.78. The van der Waals surface area contributed by atoms with Gasteiger partial charge in [-0.3, -0.25) is 4.79 Å². The van der Waals surface area contributed by atoms with E-state index in [1.807, 2.05) is 38.1 Å². The summed E-state index contributed by atoms with van der Waals surface area (Å²) in [4.78, 5) is 12.3. The maximum absolute atomic E-state index is 12.3. The Morgan fingerprint density at radius 2 is 1.77 bits per heavy atom. The molecule has 1 aliphatic carbocycles. The summed E-state index contributed by atoms with van der Waals surface area (Å²) in [5, 5.41) is 4.25. The molecule has 0 aromatic heterocycles. The Bertz CT molecular complexity index is 803. The molecular formula is C22H26N2O2. The summed E-state index contributed by atoms with van der Waals surface area (Å²) >= 11 is 0. The van der Waals surface area contributed by atoms with E-state index < -0.39 is 0 Å². The molecule has 1 N–H and O–H groups in total. The predicted molar refractivity (Wildman–Crippen MR) is 105 cm³/mol. The molecule has 1 saturated carbocycles. The third-order valence-corrected chi connectivity index (χ3v) is 4.82. The number of rotatable bonds is 5. The summed E-state index contributed by atoms with van der Waals surface area (Å²) in [6, 6.07) is 13.5. The first-order valence-corrected chi connectivity index (χ1v) is 9.22. The minimum atomic E-state index is -0.221. The quantitative estimate of drug-likeness (QED) is 0.623. The van der Waals surface area contributed by atoms with E-state index in [0.29, 0.717) is 11.7 Å². The molecular weight excluding hydrogens is 324 g/mol. The van der Waals surface area contributed by atoms with Gasteiger partial charge in [0.25, 0.3) is 5.91 Å². The Morgan fingerprint density at radius 1 is 1.08 bits per heavy atom. The van der Waals surface area contributed by atoms with E-state index in [9.17, 15) is 4.79 Å². The van der Waals surface area contributed by atoms with Crippen LogP contribution in [-0.2, 0) is 0 Å². The molecule has 0 heterocycles. The highest BCUT2D eigenvalue weighted by atomic mass is 16.5. The first-order chi connectivity index (χ1) is 12.5. The lowest BCUT2D eigenvalue weighted by Gasteiger charge is -2.13. The topological polar surface area (TPSA) is 50.7 Å². The standard InChI is InChI=1S/C22H26N2O2/c1-15-8-13-21(16(2)14-15)17(3)23-24-22(25)18-9-11-20(12-10-18)26-19-6-4-5-7-19/h8-14,19H,4-7H2,1-3H3,(H,24,25)/b23-17+. The fourth-order valence-electron chi connectivity index (χ4n) is 3.36. The number of carbonyl (C=O) groups is 1. The summed E-state index contributed by atoms with van der Waals surface area (Å²) < 4.78 is 5.93. The van der Waals surface area contributed by atoms with Crippen LogP contribution in [0.15, 0.2) is 47.6 Å². The Morgan fingerprint density at radius 3 is 2.42 bits per heavy atom. The summed E-state index contributed by atoms with van der Waals surface area (Å²) in [5.41, 5.74) is 7.40. The monoisotopic (exact) mass is 350 g/mol. The third-order valence-electron chi connectivity index (χ3n) is 4.82. The van der Waals surface area contributed by atoms with Crippen LogP contribution in [0.4, 0.5) is 0 Å². The molecule has 0 bridgehead atoms. The van der Waals surface area contributed by atoms with E-state index in [1.54, 1.807) is 12.1 Å². The molecule has 0 aliphatic heterocycles. The second kappa shape index (κ2) is 8.17. The van der Waals surface area contributed by atoms with E-state index in [-0.39, 0.29) is 5.91 Å². The van der Waals surface area contributed by atoms with Crippen molar-refractivity contribution in [2.45, 2.75) is 52.6 Å². The van der Waals surface area contributed by atoms with Gasteiger partial charge in [0.15, 0.2) is 0 Å². The van der Waals surface area contributed by atoms with Crippen molar-refractivity contribution in [3.8, 4) is 5.75 Å². The number of aryl methyl sites for hydroxylation is 2. The Balaban J connectivity index is 1.61. The average Bonchev–Trinajstić information content (AvgIpc) is 3.13. The number of ether oxygens (including phenoxy) is 1. The van der Waals surface area contributed by atoms with Crippen molar-refractivity contribution in [2.75, 3.05) is 0 Å². The Hall–Kier alpha value is -2.62. The van der Waals surface area contributed by atoms with Gasteiger partial charge in [0.05, 0.1) is 11.8 Å². The zero-order valence-corrected chi connectivity index (χ0v) is 15.7.